The fourth-order valence-electron chi connectivity index (χ4n) is 0. The number of rotatable bonds is 0. The molecule has 0 amide bonds. The molecule has 8 heteroatoms. The molecular weight excluding hydrogens is 211 g/mol. The molecule has 82 valence electrons. The minimum atomic E-state index is -5.84. The maximum Gasteiger partial charge on any atom is 0.522 e. The van der Waals surface area contributed by atoms with Gasteiger partial charge in [0.25, 0.3) is 0 Å². The number of hydrogen-bond acceptors (Lipinski definition) is 2. The third kappa shape index (κ3) is 14.5. The molecule has 0 rings (SSSR count). The van der Waals surface area contributed by atoms with Gasteiger partial charge in [0.15, 0.2) is 0 Å². The van der Waals surface area contributed by atoms with Crippen molar-refractivity contribution in [3.63, 3.8) is 0 Å². The number of quaternary nitrogens is 1. The Balaban J connectivity index is 0. The zero-order valence-corrected chi connectivity index (χ0v) is 8.57. The molecule has 0 bridgehead atoms. The van der Waals surface area contributed by atoms with E-state index in [9.17, 15) is 13.2 Å². The fraction of sp³-hybridized carbons (Fsp3) is 1.00. The van der Waals surface area contributed by atoms with Crippen molar-refractivity contribution in [2.45, 2.75) is 5.51 Å². The summed E-state index contributed by atoms with van der Waals surface area (Å²) in [6.45, 7) is 0. The lowest BCUT2D eigenvalue weighted by Gasteiger charge is -2.14. The maximum absolute atomic E-state index is 10.7. The van der Waals surface area contributed by atoms with Gasteiger partial charge < -0.3 is 4.48 Å². The van der Waals surface area contributed by atoms with Crippen LogP contribution in [-0.2, 0) is 10.1 Å². The predicted molar refractivity (Wildman–Crippen MR) is 41.6 cm³/mol. The zero-order chi connectivity index (χ0) is 11.5. The van der Waals surface area contributed by atoms with E-state index >= 15 is 0 Å². The number of hydrogen-bond donors (Lipinski definition) is 1. The van der Waals surface area contributed by atoms with Gasteiger partial charge in [0.2, 0.25) is 0 Å². The van der Waals surface area contributed by atoms with E-state index < -0.39 is 15.6 Å². The Morgan fingerprint density at radius 2 is 1.15 bits per heavy atom. The van der Waals surface area contributed by atoms with Crippen LogP contribution in [0.2, 0.25) is 0 Å². The largest absolute Gasteiger partial charge is 0.522 e. The van der Waals surface area contributed by atoms with Gasteiger partial charge in [0.05, 0.1) is 28.2 Å². The van der Waals surface area contributed by atoms with E-state index in [4.69, 9.17) is 13.0 Å². The molecule has 0 atom stereocenters. The van der Waals surface area contributed by atoms with E-state index in [-0.39, 0.29) is 0 Å². The highest BCUT2D eigenvalue weighted by Crippen LogP contribution is 2.20. The summed E-state index contributed by atoms with van der Waals surface area (Å²) in [7, 11) is 2.66. The Morgan fingerprint density at radius 3 is 1.15 bits per heavy atom. The van der Waals surface area contributed by atoms with Gasteiger partial charge >= 0.3 is 15.6 Å². The summed E-state index contributed by atoms with van der Waals surface area (Å²) in [6, 6.07) is 0. The third-order valence-electron chi connectivity index (χ3n) is 0.292. The molecule has 0 heterocycles. The van der Waals surface area contributed by atoms with Crippen LogP contribution in [0.4, 0.5) is 13.2 Å². The smallest absolute Gasteiger partial charge is 0.333 e. The molecular formula is C5H13F3NO3S+. The quantitative estimate of drug-likeness (QED) is 0.374. The second kappa shape index (κ2) is 4.25. The lowest BCUT2D eigenvalue weighted by molar-refractivity contribution is -0.849. The minimum Gasteiger partial charge on any atom is -0.333 e. The molecule has 4 nitrogen and oxygen atoms in total. The minimum absolute atomic E-state index is 1.00. The molecule has 0 aromatic carbocycles. The third-order valence-corrected chi connectivity index (χ3v) is 0.877. The molecule has 0 aliphatic heterocycles. The number of alkyl halides is 3. The molecule has 0 aliphatic carbocycles. The van der Waals surface area contributed by atoms with E-state index in [0.717, 1.165) is 4.48 Å². The first-order chi connectivity index (χ1) is 5.25. The van der Waals surface area contributed by atoms with Crippen LogP contribution < -0.4 is 0 Å². The standard InChI is InChI=1S/C4H12N.CHF3O3S/c1-5(2,3)4;2-1(3,4)8(5,6)7/h1-4H3;(H,5,6,7)/q+1;. The van der Waals surface area contributed by atoms with Crippen molar-refractivity contribution in [2.24, 2.45) is 0 Å². The van der Waals surface area contributed by atoms with Crippen molar-refractivity contribution in [2.75, 3.05) is 28.2 Å². The Labute approximate surface area is 75.3 Å². The molecule has 1 N–H and O–H groups in total. The highest BCUT2D eigenvalue weighted by Gasteiger charge is 2.44. The highest BCUT2D eigenvalue weighted by atomic mass is 32.2. The molecule has 0 spiro atoms. The van der Waals surface area contributed by atoms with Crippen LogP contribution in [0.3, 0.4) is 0 Å². The normalized spacial score (nSPS) is 13.2. The van der Waals surface area contributed by atoms with Gasteiger partial charge in [-0.2, -0.15) is 21.6 Å². The first-order valence-electron chi connectivity index (χ1n) is 3.08. The van der Waals surface area contributed by atoms with Crippen LogP contribution in [-0.4, -0.2) is 51.2 Å². The van der Waals surface area contributed by atoms with Gasteiger partial charge in [-0.3, -0.25) is 4.55 Å². The first-order valence-corrected chi connectivity index (χ1v) is 4.52. The highest BCUT2D eigenvalue weighted by molar-refractivity contribution is 7.86. The number of nitrogens with zero attached hydrogens (tertiary/aromatic N) is 1. The molecule has 0 saturated heterocycles. The first kappa shape index (κ1) is 15.1. The Bertz CT molecular complexity index is 233. The summed E-state index contributed by atoms with van der Waals surface area (Å²) in [5, 5.41) is 0. The van der Waals surface area contributed by atoms with E-state index in [2.05, 4.69) is 28.2 Å². The van der Waals surface area contributed by atoms with E-state index in [1.165, 1.54) is 0 Å². The molecule has 0 fully saturated rings. The van der Waals surface area contributed by atoms with Crippen LogP contribution >= 0.6 is 0 Å². The fourth-order valence-corrected chi connectivity index (χ4v) is 0. The monoisotopic (exact) mass is 224 g/mol. The molecule has 0 aromatic rings. The van der Waals surface area contributed by atoms with Crippen LogP contribution in [0.15, 0.2) is 0 Å². The van der Waals surface area contributed by atoms with Gasteiger partial charge in [-0.15, -0.1) is 0 Å². The average Bonchev–Trinajstić information content (AvgIpc) is 1.50. The second-order valence-electron chi connectivity index (χ2n) is 3.60. The molecule has 0 radical (unpaired) electrons. The van der Waals surface area contributed by atoms with Crippen LogP contribution in [0.25, 0.3) is 0 Å². The van der Waals surface area contributed by atoms with Gasteiger partial charge in [-0.05, 0) is 0 Å². The Morgan fingerprint density at radius 1 is 1.08 bits per heavy atom. The summed E-state index contributed by atoms with van der Waals surface area (Å²) >= 11 is 0. The van der Waals surface area contributed by atoms with Crippen LogP contribution in [0.1, 0.15) is 0 Å². The lowest BCUT2D eigenvalue weighted by atomic mass is 10.8. The van der Waals surface area contributed by atoms with Crippen molar-refractivity contribution in [3.8, 4) is 0 Å². The van der Waals surface area contributed by atoms with Gasteiger partial charge in [-0.25, -0.2) is 0 Å². The van der Waals surface area contributed by atoms with Gasteiger partial charge in [0.1, 0.15) is 0 Å². The second-order valence-corrected chi connectivity index (χ2v) is 5.02. The van der Waals surface area contributed by atoms with Crippen molar-refractivity contribution in [1.29, 1.82) is 0 Å². The summed E-state index contributed by atoms with van der Waals surface area (Å²) in [6.07, 6.45) is 0. The molecule has 0 aromatic heterocycles. The molecule has 0 saturated carbocycles. The van der Waals surface area contributed by atoms with E-state index in [0.29, 0.717) is 0 Å². The summed E-state index contributed by atoms with van der Waals surface area (Å²) in [5.41, 5.74) is -5.53. The van der Waals surface area contributed by atoms with Crippen molar-refractivity contribution >= 4 is 10.1 Å². The number of halogens is 3. The Hall–Kier alpha value is -0.340. The topological polar surface area (TPSA) is 54.4 Å². The van der Waals surface area contributed by atoms with Crippen molar-refractivity contribution < 1.29 is 30.6 Å². The summed E-state index contributed by atoms with van der Waals surface area (Å²) < 4.78 is 58.5. The average molecular weight is 224 g/mol. The van der Waals surface area contributed by atoms with Crippen molar-refractivity contribution in [3.05, 3.63) is 0 Å². The molecule has 13 heavy (non-hydrogen) atoms. The van der Waals surface area contributed by atoms with Crippen molar-refractivity contribution in [1.82, 2.24) is 0 Å². The lowest BCUT2D eigenvalue weighted by Crippen LogP contribution is -2.27. The molecule has 0 unspecified atom stereocenters. The maximum atomic E-state index is 10.7. The summed E-state index contributed by atoms with van der Waals surface area (Å²) in [5.74, 6) is 0. The van der Waals surface area contributed by atoms with E-state index in [1.807, 2.05) is 0 Å². The SMILES string of the molecule is C[N+](C)(C)C.O=S(=O)(O)C(F)(F)F. The Kier molecular flexibility index (Phi) is 4.95. The zero-order valence-electron chi connectivity index (χ0n) is 7.75. The predicted octanol–water partition coefficient (Wildman–Crippen LogP) is 0.716. The molecule has 0 aliphatic rings. The van der Waals surface area contributed by atoms with Gasteiger partial charge in [-0.1, -0.05) is 0 Å². The van der Waals surface area contributed by atoms with Gasteiger partial charge in [0, 0.05) is 0 Å². The summed E-state index contributed by atoms with van der Waals surface area (Å²) in [4.78, 5) is 0. The van der Waals surface area contributed by atoms with Crippen LogP contribution in [0.5, 0.6) is 0 Å². The van der Waals surface area contributed by atoms with E-state index in [1.54, 1.807) is 0 Å². The van der Waals surface area contributed by atoms with Crippen LogP contribution in [0, 0.1) is 0 Å².